The van der Waals surface area contributed by atoms with Crippen molar-refractivity contribution >= 4 is 13.3 Å². The highest BCUT2D eigenvalue weighted by atomic mass is 31.2. The number of carboxylic acids is 1. The molecule has 0 aliphatic carbocycles. The molecule has 0 aromatic rings. The summed E-state index contributed by atoms with van der Waals surface area (Å²) in [4.78, 5) is 10.3. The summed E-state index contributed by atoms with van der Waals surface area (Å²) >= 11 is 0. The second kappa shape index (κ2) is 6.57. The van der Waals surface area contributed by atoms with Crippen LogP contribution in [0, 0.1) is 0 Å². The molecule has 1 atom stereocenters. The topological polar surface area (TPSA) is 63.6 Å². The molecule has 0 bridgehead atoms. The molecule has 0 radical (unpaired) electrons. The predicted octanol–water partition coefficient (Wildman–Crippen LogP) is 2.13. The Morgan fingerprint density at radius 1 is 1.43 bits per heavy atom. The first-order valence-corrected chi connectivity index (χ1v) is 6.20. The standard InChI is InChI=1S/C9H15O4P/c1-3-6-13-14(12,7-4-2)8-5-9(10)11/h3-4H,1-2,5-8H2,(H,10,11). The van der Waals surface area contributed by atoms with Crippen LogP contribution in [0.5, 0.6) is 0 Å². The number of allylic oxidation sites excluding steroid dienone is 1. The molecule has 5 heteroatoms. The summed E-state index contributed by atoms with van der Waals surface area (Å²) in [6.45, 7) is 7.06. The third-order valence-corrected chi connectivity index (χ3v) is 3.84. The highest BCUT2D eigenvalue weighted by Gasteiger charge is 2.21. The van der Waals surface area contributed by atoms with Crippen LogP contribution in [0.25, 0.3) is 0 Å². The van der Waals surface area contributed by atoms with Gasteiger partial charge in [-0.05, 0) is 0 Å². The molecule has 14 heavy (non-hydrogen) atoms. The number of hydrogen-bond acceptors (Lipinski definition) is 3. The van der Waals surface area contributed by atoms with Crippen LogP contribution < -0.4 is 0 Å². The van der Waals surface area contributed by atoms with E-state index in [1.165, 1.54) is 12.2 Å². The Bertz CT molecular complexity index is 260. The van der Waals surface area contributed by atoms with Crippen LogP contribution in [-0.4, -0.2) is 30.0 Å². The highest BCUT2D eigenvalue weighted by Crippen LogP contribution is 2.47. The van der Waals surface area contributed by atoms with Crippen molar-refractivity contribution in [2.75, 3.05) is 18.9 Å². The van der Waals surface area contributed by atoms with Gasteiger partial charge in [-0.2, -0.15) is 0 Å². The lowest BCUT2D eigenvalue weighted by molar-refractivity contribution is -0.136. The van der Waals surface area contributed by atoms with Crippen molar-refractivity contribution in [3.8, 4) is 0 Å². The quantitative estimate of drug-likeness (QED) is 0.500. The zero-order valence-corrected chi connectivity index (χ0v) is 8.91. The summed E-state index contributed by atoms with van der Waals surface area (Å²) in [5.74, 6) is -0.975. The van der Waals surface area contributed by atoms with Gasteiger partial charge >= 0.3 is 5.97 Å². The van der Waals surface area contributed by atoms with Gasteiger partial charge in [0, 0.05) is 12.3 Å². The van der Waals surface area contributed by atoms with Crippen molar-refractivity contribution in [2.45, 2.75) is 6.42 Å². The molecule has 0 amide bonds. The van der Waals surface area contributed by atoms with E-state index >= 15 is 0 Å². The van der Waals surface area contributed by atoms with Crippen molar-refractivity contribution in [2.24, 2.45) is 0 Å². The van der Waals surface area contributed by atoms with Gasteiger partial charge in [-0.1, -0.05) is 12.2 Å². The van der Waals surface area contributed by atoms with Crippen LogP contribution in [0.3, 0.4) is 0 Å². The van der Waals surface area contributed by atoms with E-state index in [1.54, 1.807) is 0 Å². The highest BCUT2D eigenvalue weighted by molar-refractivity contribution is 7.59. The van der Waals surface area contributed by atoms with Gasteiger partial charge in [0.2, 0.25) is 7.37 Å². The first kappa shape index (κ1) is 13.1. The molecule has 80 valence electrons. The average Bonchev–Trinajstić information content (AvgIpc) is 2.13. The monoisotopic (exact) mass is 218 g/mol. The molecule has 0 spiro atoms. The van der Waals surface area contributed by atoms with Crippen molar-refractivity contribution in [3.63, 3.8) is 0 Å². The minimum atomic E-state index is -2.86. The molecule has 0 saturated carbocycles. The molecule has 0 saturated heterocycles. The van der Waals surface area contributed by atoms with Gasteiger partial charge in [-0.15, -0.1) is 13.2 Å². The van der Waals surface area contributed by atoms with Crippen LogP contribution >= 0.6 is 7.37 Å². The summed E-state index contributed by atoms with van der Waals surface area (Å²) in [5, 5.41) is 8.45. The zero-order valence-electron chi connectivity index (χ0n) is 8.02. The number of carboxylic acid groups (broad SMARTS) is 1. The van der Waals surface area contributed by atoms with Gasteiger partial charge in [0.1, 0.15) is 0 Å². The van der Waals surface area contributed by atoms with E-state index < -0.39 is 13.3 Å². The van der Waals surface area contributed by atoms with Crippen LogP contribution in [0.4, 0.5) is 0 Å². The fourth-order valence-electron chi connectivity index (χ4n) is 0.860. The van der Waals surface area contributed by atoms with Crippen LogP contribution in [0.15, 0.2) is 25.3 Å². The molecule has 0 rings (SSSR count). The van der Waals surface area contributed by atoms with Gasteiger partial charge in [-0.3, -0.25) is 9.36 Å². The fourth-order valence-corrected chi connectivity index (χ4v) is 2.58. The maximum absolute atomic E-state index is 11.9. The lowest BCUT2D eigenvalue weighted by atomic mass is 10.5. The Morgan fingerprint density at radius 3 is 2.50 bits per heavy atom. The summed E-state index contributed by atoms with van der Waals surface area (Å²) in [6, 6.07) is 0. The van der Waals surface area contributed by atoms with E-state index in [0.717, 1.165) is 0 Å². The molecule has 0 aromatic carbocycles. The maximum atomic E-state index is 11.9. The number of aliphatic carboxylic acids is 1. The molecule has 1 unspecified atom stereocenters. The Morgan fingerprint density at radius 2 is 2.07 bits per heavy atom. The summed E-state index contributed by atoms with van der Waals surface area (Å²) in [5.41, 5.74) is 0. The third kappa shape index (κ3) is 5.73. The Kier molecular flexibility index (Phi) is 6.17. The lowest BCUT2D eigenvalue weighted by Gasteiger charge is -2.14. The van der Waals surface area contributed by atoms with Crippen molar-refractivity contribution in [1.29, 1.82) is 0 Å². The zero-order chi connectivity index (χ0) is 11.0. The number of rotatable bonds is 8. The van der Waals surface area contributed by atoms with E-state index in [0.29, 0.717) is 0 Å². The largest absolute Gasteiger partial charge is 0.481 e. The van der Waals surface area contributed by atoms with E-state index in [1.807, 2.05) is 0 Å². The molecule has 0 aliphatic heterocycles. The number of carbonyl (C=O) groups is 1. The Labute approximate surface area is 83.7 Å². The van der Waals surface area contributed by atoms with E-state index in [9.17, 15) is 9.36 Å². The van der Waals surface area contributed by atoms with Crippen molar-refractivity contribution in [3.05, 3.63) is 25.3 Å². The molecule has 4 nitrogen and oxygen atoms in total. The predicted molar refractivity (Wildman–Crippen MR) is 55.9 cm³/mol. The molecule has 0 fully saturated rings. The lowest BCUT2D eigenvalue weighted by Crippen LogP contribution is -2.04. The Hall–Kier alpha value is -0.860. The molecule has 1 N–H and O–H groups in total. The van der Waals surface area contributed by atoms with Crippen LogP contribution in [0.2, 0.25) is 0 Å². The van der Waals surface area contributed by atoms with Crippen LogP contribution in [0.1, 0.15) is 6.42 Å². The van der Waals surface area contributed by atoms with Gasteiger partial charge in [0.25, 0.3) is 0 Å². The smallest absolute Gasteiger partial charge is 0.303 e. The number of hydrogen-bond donors (Lipinski definition) is 1. The molecular formula is C9H15O4P. The van der Waals surface area contributed by atoms with E-state index in [-0.39, 0.29) is 25.4 Å². The van der Waals surface area contributed by atoms with Gasteiger partial charge < -0.3 is 9.63 Å². The molecule has 0 heterocycles. The summed E-state index contributed by atoms with van der Waals surface area (Å²) < 4.78 is 16.9. The van der Waals surface area contributed by atoms with Crippen LogP contribution in [-0.2, 0) is 13.9 Å². The SMILES string of the molecule is C=CCOP(=O)(CC=C)CCC(=O)O. The summed E-state index contributed by atoms with van der Waals surface area (Å²) in [7, 11) is -2.86. The molecular weight excluding hydrogens is 203 g/mol. The molecule has 0 aliphatic rings. The Balaban J connectivity index is 4.22. The first-order chi connectivity index (χ1) is 6.54. The molecule has 0 aromatic heterocycles. The summed E-state index contributed by atoms with van der Waals surface area (Å²) in [6.07, 6.45) is 3.06. The second-order valence-electron chi connectivity index (χ2n) is 2.74. The normalized spacial score (nSPS) is 14.3. The maximum Gasteiger partial charge on any atom is 0.303 e. The minimum Gasteiger partial charge on any atom is -0.481 e. The minimum absolute atomic E-state index is 0.0438. The average molecular weight is 218 g/mol. The van der Waals surface area contributed by atoms with Gasteiger partial charge in [0.05, 0.1) is 13.0 Å². The van der Waals surface area contributed by atoms with Crippen molar-refractivity contribution in [1.82, 2.24) is 0 Å². The van der Waals surface area contributed by atoms with E-state index in [4.69, 9.17) is 9.63 Å². The third-order valence-electron chi connectivity index (χ3n) is 1.50. The van der Waals surface area contributed by atoms with Gasteiger partial charge in [-0.25, -0.2) is 0 Å². The van der Waals surface area contributed by atoms with Crippen molar-refractivity contribution < 1.29 is 19.0 Å². The second-order valence-corrected chi connectivity index (χ2v) is 5.44. The first-order valence-electron chi connectivity index (χ1n) is 4.20. The fraction of sp³-hybridized carbons (Fsp3) is 0.444. The van der Waals surface area contributed by atoms with E-state index in [2.05, 4.69) is 13.2 Å². The van der Waals surface area contributed by atoms with Gasteiger partial charge in [0.15, 0.2) is 0 Å².